The summed E-state index contributed by atoms with van der Waals surface area (Å²) in [5, 5.41) is 3.26. The summed E-state index contributed by atoms with van der Waals surface area (Å²) in [6.45, 7) is 7.94. The Morgan fingerprint density at radius 1 is 0.952 bits per heavy atom. The van der Waals surface area contributed by atoms with E-state index in [2.05, 4.69) is 48.3 Å². The maximum Gasteiger partial charge on any atom is 0.128 e. The molecule has 0 unspecified atom stereocenters. The van der Waals surface area contributed by atoms with Crippen LogP contribution in [-0.4, -0.2) is 18.0 Å². The Morgan fingerprint density at radius 2 is 1.62 bits per heavy atom. The van der Waals surface area contributed by atoms with E-state index in [1.54, 1.807) is 12.1 Å². The van der Waals surface area contributed by atoms with Gasteiger partial charge in [-0.2, -0.15) is 0 Å². The maximum atomic E-state index is 13.5. The number of benzene rings is 2. The van der Waals surface area contributed by atoms with Gasteiger partial charge >= 0.3 is 0 Å². The van der Waals surface area contributed by atoms with Crippen LogP contribution in [0.25, 0.3) is 0 Å². The van der Waals surface area contributed by atoms with Crippen molar-refractivity contribution in [2.75, 3.05) is 18.4 Å². The first-order valence-corrected chi connectivity index (χ1v) is 7.51. The van der Waals surface area contributed by atoms with Gasteiger partial charge in [-0.15, -0.1) is 0 Å². The second kappa shape index (κ2) is 7.79. The van der Waals surface area contributed by atoms with Crippen molar-refractivity contribution < 1.29 is 4.39 Å². The fourth-order valence-corrected chi connectivity index (χ4v) is 2.27. The predicted octanol–water partition coefficient (Wildman–Crippen LogP) is 4.28. The Kier molecular flexibility index (Phi) is 5.76. The lowest BCUT2D eigenvalue weighted by atomic mass is 10.1. The summed E-state index contributed by atoms with van der Waals surface area (Å²) < 4.78 is 13.5. The molecule has 0 fully saturated rings. The molecule has 112 valence electrons. The number of nitrogens with zero attached hydrogens (tertiary/aromatic N) is 1. The minimum absolute atomic E-state index is 0.164. The van der Waals surface area contributed by atoms with Gasteiger partial charge in [0.15, 0.2) is 0 Å². The summed E-state index contributed by atoms with van der Waals surface area (Å²) in [7, 11) is 0. The van der Waals surface area contributed by atoms with Gasteiger partial charge in [0.25, 0.3) is 0 Å². The average molecular weight is 286 g/mol. The zero-order valence-corrected chi connectivity index (χ0v) is 12.8. The quantitative estimate of drug-likeness (QED) is 0.817. The monoisotopic (exact) mass is 286 g/mol. The van der Waals surface area contributed by atoms with Crippen molar-refractivity contribution in [1.82, 2.24) is 4.90 Å². The standard InChI is InChI=1S/C18H23FN2/c1-3-21(4-2)14-15-9-11-17(12-10-15)20-13-16-7-5-6-8-18(16)19/h5-12,20H,3-4,13-14H2,1-2H3. The van der Waals surface area contributed by atoms with Crippen molar-refractivity contribution in [1.29, 1.82) is 0 Å². The second-order valence-corrected chi connectivity index (χ2v) is 5.10. The second-order valence-electron chi connectivity index (χ2n) is 5.10. The minimum atomic E-state index is -0.164. The number of halogens is 1. The van der Waals surface area contributed by atoms with E-state index in [0.717, 1.165) is 25.3 Å². The van der Waals surface area contributed by atoms with Crippen molar-refractivity contribution in [3.63, 3.8) is 0 Å². The molecule has 0 amide bonds. The minimum Gasteiger partial charge on any atom is -0.381 e. The van der Waals surface area contributed by atoms with Crippen LogP contribution < -0.4 is 5.32 Å². The fraction of sp³-hybridized carbons (Fsp3) is 0.333. The molecule has 0 saturated carbocycles. The Hall–Kier alpha value is -1.87. The van der Waals surface area contributed by atoms with Crippen molar-refractivity contribution in [2.24, 2.45) is 0 Å². The largest absolute Gasteiger partial charge is 0.381 e. The third-order valence-corrected chi connectivity index (χ3v) is 3.70. The molecule has 0 aromatic heterocycles. The molecule has 0 aliphatic carbocycles. The molecule has 0 saturated heterocycles. The first-order chi connectivity index (χ1) is 10.2. The van der Waals surface area contributed by atoms with E-state index >= 15 is 0 Å². The molecule has 2 aromatic carbocycles. The molecule has 21 heavy (non-hydrogen) atoms. The predicted molar refractivity (Wildman–Crippen MR) is 86.8 cm³/mol. The van der Waals surface area contributed by atoms with Gasteiger partial charge in [0.2, 0.25) is 0 Å². The van der Waals surface area contributed by atoms with Gasteiger partial charge in [-0.3, -0.25) is 4.90 Å². The zero-order chi connectivity index (χ0) is 15.1. The Balaban J connectivity index is 1.92. The van der Waals surface area contributed by atoms with Crippen molar-refractivity contribution in [3.8, 4) is 0 Å². The number of hydrogen-bond donors (Lipinski definition) is 1. The summed E-state index contributed by atoms with van der Waals surface area (Å²) in [5.41, 5.74) is 3.00. The molecule has 0 radical (unpaired) electrons. The highest BCUT2D eigenvalue weighted by molar-refractivity contribution is 5.45. The van der Waals surface area contributed by atoms with E-state index in [4.69, 9.17) is 0 Å². The molecule has 0 aliphatic rings. The maximum absolute atomic E-state index is 13.5. The Bertz CT molecular complexity index is 547. The highest BCUT2D eigenvalue weighted by atomic mass is 19.1. The van der Waals surface area contributed by atoms with Gasteiger partial charge in [0, 0.05) is 24.3 Å². The van der Waals surface area contributed by atoms with Crippen LogP contribution in [0.1, 0.15) is 25.0 Å². The third-order valence-electron chi connectivity index (χ3n) is 3.70. The van der Waals surface area contributed by atoms with Crippen LogP contribution in [-0.2, 0) is 13.1 Å². The van der Waals surface area contributed by atoms with Gasteiger partial charge in [0.1, 0.15) is 5.82 Å². The number of nitrogens with one attached hydrogen (secondary N) is 1. The normalized spacial score (nSPS) is 10.9. The van der Waals surface area contributed by atoms with Crippen molar-refractivity contribution in [3.05, 3.63) is 65.5 Å². The lowest BCUT2D eigenvalue weighted by Gasteiger charge is -2.18. The molecule has 1 N–H and O–H groups in total. The van der Waals surface area contributed by atoms with Crippen LogP contribution in [0.3, 0.4) is 0 Å². The van der Waals surface area contributed by atoms with Crippen molar-refractivity contribution >= 4 is 5.69 Å². The topological polar surface area (TPSA) is 15.3 Å². The van der Waals surface area contributed by atoms with Gasteiger partial charge < -0.3 is 5.32 Å². The van der Waals surface area contributed by atoms with Gasteiger partial charge in [-0.1, -0.05) is 44.2 Å². The van der Waals surface area contributed by atoms with Crippen LogP contribution in [0.4, 0.5) is 10.1 Å². The molecule has 0 heterocycles. The number of anilines is 1. The van der Waals surface area contributed by atoms with Crippen LogP contribution in [0, 0.1) is 5.82 Å². The summed E-state index contributed by atoms with van der Waals surface area (Å²) in [6.07, 6.45) is 0. The van der Waals surface area contributed by atoms with Crippen molar-refractivity contribution in [2.45, 2.75) is 26.9 Å². The molecule has 0 spiro atoms. The highest BCUT2D eigenvalue weighted by Gasteiger charge is 2.02. The van der Waals surface area contributed by atoms with Crippen LogP contribution in [0.2, 0.25) is 0 Å². The van der Waals surface area contributed by atoms with E-state index in [0.29, 0.717) is 12.1 Å². The molecule has 0 aliphatic heterocycles. The smallest absolute Gasteiger partial charge is 0.128 e. The Morgan fingerprint density at radius 3 is 2.24 bits per heavy atom. The summed E-state index contributed by atoms with van der Waals surface area (Å²) in [5.74, 6) is -0.164. The van der Waals surface area contributed by atoms with E-state index in [-0.39, 0.29) is 5.82 Å². The van der Waals surface area contributed by atoms with E-state index < -0.39 is 0 Å². The summed E-state index contributed by atoms with van der Waals surface area (Å²) >= 11 is 0. The van der Waals surface area contributed by atoms with E-state index in [1.807, 2.05) is 6.07 Å². The average Bonchev–Trinajstić information content (AvgIpc) is 2.53. The summed E-state index contributed by atoms with van der Waals surface area (Å²) in [4.78, 5) is 2.38. The number of hydrogen-bond acceptors (Lipinski definition) is 2. The SMILES string of the molecule is CCN(CC)Cc1ccc(NCc2ccccc2F)cc1. The molecule has 3 heteroatoms. The molecule has 2 nitrogen and oxygen atoms in total. The van der Waals surface area contributed by atoms with E-state index in [9.17, 15) is 4.39 Å². The zero-order valence-electron chi connectivity index (χ0n) is 12.8. The van der Waals surface area contributed by atoms with Gasteiger partial charge in [-0.05, 0) is 36.9 Å². The van der Waals surface area contributed by atoms with Crippen LogP contribution in [0.5, 0.6) is 0 Å². The lowest BCUT2D eigenvalue weighted by molar-refractivity contribution is 0.296. The lowest BCUT2D eigenvalue weighted by Crippen LogP contribution is -2.21. The Labute approximate surface area is 126 Å². The van der Waals surface area contributed by atoms with E-state index in [1.165, 1.54) is 11.6 Å². The first kappa shape index (κ1) is 15.5. The first-order valence-electron chi connectivity index (χ1n) is 7.51. The van der Waals surface area contributed by atoms with Gasteiger partial charge in [0.05, 0.1) is 0 Å². The molecular formula is C18H23FN2. The molecule has 2 aromatic rings. The van der Waals surface area contributed by atoms with Gasteiger partial charge in [-0.25, -0.2) is 4.39 Å². The fourth-order valence-electron chi connectivity index (χ4n) is 2.27. The van der Waals surface area contributed by atoms with Crippen LogP contribution >= 0.6 is 0 Å². The third kappa shape index (κ3) is 4.57. The highest BCUT2D eigenvalue weighted by Crippen LogP contribution is 2.14. The molecule has 2 rings (SSSR count). The summed E-state index contributed by atoms with van der Waals surface area (Å²) in [6, 6.07) is 15.2. The van der Waals surface area contributed by atoms with Crippen LogP contribution in [0.15, 0.2) is 48.5 Å². The number of rotatable bonds is 7. The molecule has 0 bridgehead atoms. The molecule has 0 atom stereocenters. The molecular weight excluding hydrogens is 263 g/mol.